The van der Waals surface area contributed by atoms with Crippen LogP contribution in [0.5, 0.6) is 5.75 Å². The summed E-state index contributed by atoms with van der Waals surface area (Å²) in [6.07, 6.45) is -0.278. The van der Waals surface area contributed by atoms with Crippen LogP contribution in [0.1, 0.15) is 19.5 Å². The van der Waals surface area contributed by atoms with E-state index in [0.717, 1.165) is 0 Å². The number of ether oxygens (including phenoxy) is 1. The van der Waals surface area contributed by atoms with Crippen LogP contribution in [0.25, 0.3) is 5.69 Å². The third-order valence-electron chi connectivity index (χ3n) is 2.49. The number of hydrogen-bond donors (Lipinski definition) is 1. The summed E-state index contributed by atoms with van der Waals surface area (Å²) in [5.41, 5.74) is 0.927. The van der Waals surface area contributed by atoms with E-state index in [9.17, 15) is 4.79 Å². The molecule has 0 aliphatic carbocycles. The van der Waals surface area contributed by atoms with Gasteiger partial charge in [0.05, 0.1) is 18.2 Å². The van der Waals surface area contributed by atoms with E-state index in [1.165, 1.54) is 4.68 Å². The molecule has 0 saturated carbocycles. The summed E-state index contributed by atoms with van der Waals surface area (Å²) in [5.74, 6) is -0.409. The zero-order valence-corrected chi connectivity index (χ0v) is 11.8. The van der Waals surface area contributed by atoms with Crippen molar-refractivity contribution in [1.82, 2.24) is 15.0 Å². The van der Waals surface area contributed by atoms with Crippen molar-refractivity contribution >= 4 is 17.6 Å². The van der Waals surface area contributed by atoms with Gasteiger partial charge < -0.3 is 9.84 Å². The standard InChI is InChI=1S/C13H14ClN3O3/c1-8(2)20-11-6-4-3-5-9(11)17-10(7-12(18)19)13(14)15-16-17/h3-6,8H,7H2,1-2H3,(H,18,19). The normalized spacial score (nSPS) is 10.8. The number of nitrogens with zero attached hydrogens (tertiary/aromatic N) is 3. The maximum atomic E-state index is 10.9. The molecule has 0 fully saturated rings. The molecular formula is C13H14ClN3O3. The van der Waals surface area contributed by atoms with E-state index in [0.29, 0.717) is 17.1 Å². The molecule has 1 heterocycles. The minimum absolute atomic E-state index is 0.0157. The first-order valence-electron chi connectivity index (χ1n) is 6.07. The van der Waals surface area contributed by atoms with Gasteiger partial charge in [0, 0.05) is 0 Å². The highest BCUT2D eigenvalue weighted by atomic mass is 35.5. The van der Waals surface area contributed by atoms with Crippen molar-refractivity contribution in [2.75, 3.05) is 0 Å². The molecule has 1 aromatic heterocycles. The predicted octanol–water partition coefficient (Wildman–Crippen LogP) is 2.33. The molecule has 2 rings (SSSR count). The number of aliphatic carboxylic acids is 1. The van der Waals surface area contributed by atoms with Crippen molar-refractivity contribution in [2.45, 2.75) is 26.4 Å². The van der Waals surface area contributed by atoms with Crippen LogP contribution in [-0.2, 0) is 11.2 Å². The molecule has 106 valence electrons. The third kappa shape index (κ3) is 3.08. The Hall–Kier alpha value is -2.08. The van der Waals surface area contributed by atoms with Gasteiger partial charge in [-0.3, -0.25) is 4.79 Å². The average Bonchev–Trinajstić information content (AvgIpc) is 2.71. The van der Waals surface area contributed by atoms with Crippen LogP contribution in [0.3, 0.4) is 0 Å². The lowest BCUT2D eigenvalue weighted by atomic mass is 10.2. The van der Waals surface area contributed by atoms with Gasteiger partial charge in [-0.25, -0.2) is 4.68 Å². The van der Waals surface area contributed by atoms with Crippen LogP contribution in [0.2, 0.25) is 5.15 Å². The van der Waals surface area contributed by atoms with Crippen molar-refractivity contribution in [3.63, 3.8) is 0 Å². The van der Waals surface area contributed by atoms with Gasteiger partial charge in [0.1, 0.15) is 11.4 Å². The van der Waals surface area contributed by atoms with E-state index in [4.69, 9.17) is 21.4 Å². The molecule has 1 N–H and O–H groups in total. The number of aromatic nitrogens is 3. The highest BCUT2D eigenvalue weighted by molar-refractivity contribution is 6.30. The molecule has 0 aliphatic rings. The number of carbonyl (C=O) groups is 1. The van der Waals surface area contributed by atoms with Crippen LogP contribution in [0.15, 0.2) is 24.3 Å². The Bertz CT molecular complexity index is 625. The first-order valence-corrected chi connectivity index (χ1v) is 6.44. The van der Waals surface area contributed by atoms with E-state index in [-0.39, 0.29) is 17.7 Å². The summed E-state index contributed by atoms with van der Waals surface area (Å²) < 4.78 is 7.09. The topological polar surface area (TPSA) is 77.2 Å². The Kier molecular flexibility index (Phi) is 4.24. The minimum atomic E-state index is -1.00. The Morgan fingerprint density at radius 2 is 2.15 bits per heavy atom. The average molecular weight is 296 g/mol. The zero-order valence-electron chi connectivity index (χ0n) is 11.1. The number of hydrogen-bond acceptors (Lipinski definition) is 4. The zero-order chi connectivity index (χ0) is 14.7. The summed E-state index contributed by atoms with van der Waals surface area (Å²) in [7, 11) is 0. The number of benzene rings is 1. The van der Waals surface area contributed by atoms with Crippen LogP contribution in [0, 0.1) is 0 Å². The molecule has 1 aromatic carbocycles. The largest absolute Gasteiger partial charge is 0.489 e. The number of carboxylic acid groups (broad SMARTS) is 1. The van der Waals surface area contributed by atoms with E-state index >= 15 is 0 Å². The van der Waals surface area contributed by atoms with Gasteiger partial charge in [0.15, 0.2) is 5.15 Å². The lowest BCUT2D eigenvalue weighted by Gasteiger charge is -2.14. The van der Waals surface area contributed by atoms with Crippen molar-refractivity contribution in [1.29, 1.82) is 0 Å². The second-order valence-electron chi connectivity index (χ2n) is 4.44. The summed E-state index contributed by atoms with van der Waals surface area (Å²) >= 11 is 5.90. The minimum Gasteiger partial charge on any atom is -0.489 e. The van der Waals surface area contributed by atoms with Crippen LogP contribution >= 0.6 is 11.6 Å². The summed E-state index contributed by atoms with van der Waals surface area (Å²) in [4.78, 5) is 10.9. The van der Waals surface area contributed by atoms with Gasteiger partial charge in [0.25, 0.3) is 0 Å². The molecule has 0 bridgehead atoms. The molecule has 0 unspecified atom stereocenters. The molecule has 0 amide bonds. The molecular weight excluding hydrogens is 282 g/mol. The Labute approximate surface area is 120 Å². The van der Waals surface area contributed by atoms with E-state index < -0.39 is 5.97 Å². The maximum Gasteiger partial charge on any atom is 0.309 e. The Morgan fingerprint density at radius 1 is 1.45 bits per heavy atom. The van der Waals surface area contributed by atoms with Gasteiger partial charge >= 0.3 is 5.97 Å². The fourth-order valence-corrected chi connectivity index (χ4v) is 1.93. The predicted molar refractivity (Wildman–Crippen MR) is 73.5 cm³/mol. The van der Waals surface area contributed by atoms with Crippen molar-refractivity contribution in [3.05, 3.63) is 35.1 Å². The van der Waals surface area contributed by atoms with Crippen LogP contribution in [-0.4, -0.2) is 32.2 Å². The lowest BCUT2D eigenvalue weighted by Crippen LogP contribution is -2.12. The Balaban J connectivity index is 2.49. The highest BCUT2D eigenvalue weighted by Crippen LogP contribution is 2.26. The van der Waals surface area contributed by atoms with E-state index in [1.807, 2.05) is 26.0 Å². The molecule has 0 radical (unpaired) electrons. The quantitative estimate of drug-likeness (QED) is 0.916. The Morgan fingerprint density at radius 3 is 2.80 bits per heavy atom. The first-order chi connectivity index (χ1) is 9.49. The van der Waals surface area contributed by atoms with Crippen molar-refractivity contribution in [3.8, 4) is 11.4 Å². The molecule has 2 aromatic rings. The van der Waals surface area contributed by atoms with Gasteiger partial charge in [0.2, 0.25) is 0 Å². The van der Waals surface area contributed by atoms with Crippen molar-refractivity contribution in [2.24, 2.45) is 0 Å². The second-order valence-corrected chi connectivity index (χ2v) is 4.80. The van der Waals surface area contributed by atoms with Gasteiger partial charge in [-0.2, -0.15) is 0 Å². The number of rotatable bonds is 5. The molecule has 20 heavy (non-hydrogen) atoms. The molecule has 0 aliphatic heterocycles. The lowest BCUT2D eigenvalue weighted by molar-refractivity contribution is -0.136. The van der Waals surface area contributed by atoms with E-state index in [1.54, 1.807) is 12.1 Å². The summed E-state index contributed by atoms with van der Waals surface area (Å²) in [5, 5.41) is 16.6. The second kappa shape index (κ2) is 5.92. The molecule has 7 heteroatoms. The fraction of sp³-hybridized carbons (Fsp3) is 0.308. The molecule has 0 spiro atoms. The first kappa shape index (κ1) is 14.3. The molecule has 0 saturated heterocycles. The monoisotopic (exact) mass is 295 g/mol. The SMILES string of the molecule is CC(C)Oc1ccccc1-n1nnc(Cl)c1CC(=O)O. The van der Waals surface area contributed by atoms with Gasteiger partial charge in [-0.1, -0.05) is 28.9 Å². The highest BCUT2D eigenvalue weighted by Gasteiger charge is 2.18. The van der Waals surface area contributed by atoms with Crippen molar-refractivity contribution < 1.29 is 14.6 Å². The maximum absolute atomic E-state index is 10.9. The summed E-state index contributed by atoms with van der Waals surface area (Å²) in [6, 6.07) is 7.20. The molecule has 6 nitrogen and oxygen atoms in total. The van der Waals surface area contributed by atoms with Crippen LogP contribution < -0.4 is 4.74 Å². The number of carboxylic acids is 1. The van der Waals surface area contributed by atoms with E-state index in [2.05, 4.69) is 10.3 Å². The molecule has 0 atom stereocenters. The number of halogens is 1. The third-order valence-corrected chi connectivity index (χ3v) is 2.78. The smallest absolute Gasteiger partial charge is 0.309 e. The summed E-state index contributed by atoms with van der Waals surface area (Å²) in [6.45, 7) is 3.81. The van der Waals surface area contributed by atoms with Crippen LogP contribution in [0.4, 0.5) is 0 Å². The number of para-hydroxylation sites is 2. The fourth-order valence-electron chi connectivity index (χ4n) is 1.75. The van der Waals surface area contributed by atoms with Gasteiger partial charge in [-0.15, -0.1) is 5.10 Å². The van der Waals surface area contributed by atoms with Gasteiger partial charge in [-0.05, 0) is 26.0 Å².